The van der Waals surface area contributed by atoms with Crippen LogP contribution in [-0.4, -0.2) is 44.9 Å². The maximum Gasteiger partial charge on any atom is 0.407 e. The molecule has 118 valence electrons. The minimum atomic E-state index is -0.444. The second-order valence-electron chi connectivity index (χ2n) is 6.29. The first-order valence-corrected chi connectivity index (χ1v) is 8.00. The molecule has 1 amide bonds. The Labute approximate surface area is 130 Å². The van der Waals surface area contributed by atoms with Crippen molar-refractivity contribution < 1.29 is 9.53 Å². The van der Waals surface area contributed by atoms with E-state index in [0.29, 0.717) is 0 Å². The Morgan fingerprint density at radius 3 is 2.62 bits per heavy atom. The van der Waals surface area contributed by atoms with Gasteiger partial charge in [-0.25, -0.2) is 9.10 Å². The zero-order chi connectivity index (χ0) is 15.5. The van der Waals surface area contributed by atoms with Gasteiger partial charge in [-0.3, -0.25) is 4.68 Å². The summed E-state index contributed by atoms with van der Waals surface area (Å²) in [6.45, 7) is 7.51. The van der Waals surface area contributed by atoms with Crippen molar-refractivity contribution in [3.8, 4) is 0 Å². The van der Waals surface area contributed by atoms with E-state index < -0.39 is 5.60 Å². The Morgan fingerprint density at radius 1 is 1.43 bits per heavy atom. The molecule has 2 rings (SSSR count). The van der Waals surface area contributed by atoms with Gasteiger partial charge in [0.25, 0.3) is 0 Å². The van der Waals surface area contributed by atoms with E-state index >= 15 is 0 Å². The first kappa shape index (κ1) is 16.2. The largest absolute Gasteiger partial charge is 0.444 e. The minimum Gasteiger partial charge on any atom is -0.444 e. The number of rotatable bonds is 3. The molecule has 1 saturated heterocycles. The minimum absolute atomic E-state index is 0.200. The van der Waals surface area contributed by atoms with Crippen LogP contribution in [0.15, 0.2) is 17.3 Å². The lowest BCUT2D eigenvalue weighted by Gasteiger charge is -2.31. The highest BCUT2D eigenvalue weighted by molar-refractivity contribution is 7.97. The molecule has 0 bridgehead atoms. The van der Waals surface area contributed by atoms with Gasteiger partial charge in [0.15, 0.2) is 0 Å². The molecule has 0 aromatic carbocycles. The van der Waals surface area contributed by atoms with E-state index in [2.05, 4.69) is 14.7 Å². The third kappa shape index (κ3) is 5.59. The number of alkyl carbamates (subject to hydrolysis) is 1. The van der Waals surface area contributed by atoms with Crippen LogP contribution in [0.1, 0.15) is 33.6 Å². The van der Waals surface area contributed by atoms with Gasteiger partial charge in [0, 0.05) is 32.4 Å². The number of nitrogens with one attached hydrogen (secondary N) is 1. The molecule has 1 N–H and O–H groups in total. The van der Waals surface area contributed by atoms with Crippen LogP contribution >= 0.6 is 11.9 Å². The summed E-state index contributed by atoms with van der Waals surface area (Å²) in [5.74, 6) is 0. The van der Waals surface area contributed by atoms with Crippen molar-refractivity contribution in [3.05, 3.63) is 12.4 Å². The van der Waals surface area contributed by atoms with Crippen molar-refractivity contribution in [2.75, 3.05) is 13.1 Å². The van der Waals surface area contributed by atoms with Crippen molar-refractivity contribution >= 4 is 18.0 Å². The SMILES string of the molecule is Cn1cc(SN2CCC(NC(=O)OC(C)(C)C)CC2)cn1. The number of aryl methyl sites for hydroxylation is 1. The van der Waals surface area contributed by atoms with Crippen molar-refractivity contribution in [2.45, 2.75) is 50.2 Å². The van der Waals surface area contributed by atoms with Gasteiger partial charge in [0.05, 0.1) is 11.1 Å². The normalized spacial score (nSPS) is 17.7. The molecule has 1 aliphatic rings. The van der Waals surface area contributed by atoms with Crippen LogP contribution in [0.5, 0.6) is 0 Å². The summed E-state index contributed by atoms with van der Waals surface area (Å²) in [5.41, 5.74) is -0.444. The Morgan fingerprint density at radius 2 is 2.10 bits per heavy atom. The van der Waals surface area contributed by atoms with E-state index in [1.807, 2.05) is 40.2 Å². The van der Waals surface area contributed by atoms with Crippen LogP contribution in [0.3, 0.4) is 0 Å². The topological polar surface area (TPSA) is 59.4 Å². The third-order valence-electron chi connectivity index (χ3n) is 3.09. The lowest BCUT2D eigenvalue weighted by Crippen LogP contribution is -2.44. The van der Waals surface area contributed by atoms with Gasteiger partial charge in [-0.15, -0.1) is 0 Å². The van der Waals surface area contributed by atoms with Gasteiger partial charge >= 0.3 is 6.09 Å². The van der Waals surface area contributed by atoms with Crippen LogP contribution in [0, 0.1) is 0 Å². The van der Waals surface area contributed by atoms with Crippen LogP contribution < -0.4 is 5.32 Å². The first-order valence-electron chi connectivity index (χ1n) is 7.23. The van der Waals surface area contributed by atoms with Gasteiger partial charge in [-0.1, -0.05) is 0 Å². The maximum atomic E-state index is 11.7. The van der Waals surface area contributed by atoms with Gasteiger partial charge in [0.1, 0.15) is 5.60 Å². The zero-order valence-corrected chi connectivity index (χ0v) is 13.9. The number of hydrogen-bond donors (Lipinski definition) is 1. The van der Waals surface area contributed by atoms with Gasteiger partial charge in [-0.05, 0) is 45.6 Å². The lowest BCUT2D eigenvalue weighted by atomic mass is 10.1. The molecule has 1 fully saturated rings. The van der Waals surface area contributed by atoms with Crippen LogP contribution in [-0.2, 0) is 11.8 Å². The second-order valence-corrected chi connectivity index (χ2v) is 7.46. The number of nitrogens with zero attached hydrogens (tertiary/aromatic N) is 3. The average molecular weight is 312 g/mol. The van der Waals surface area contributed by atoms with Crippen molar-refractivity contribution in [1.29, 1.82) is 0 Å². The Hall–Kier alpha value is -1.21. The lowest BCUT2D eigenvalue weighted by molar-refractivity contribution is 0.0490. The summed E-state index contributed by atoms with van der Waals surface area (Å²) in [4.78, 5) is 12.9. The summed E-state index contributed by atoms with van der Waals surface area (Å²) in [7, 11) is 1.92. The van der Waals surface area contributed by atoms with Crippen LogP contribution in [0.25, 0.3) is 0 Å². The fraction of sp³-hybridized carbons (Fsp3) is 0.714. The molecule has 21 heavy (non-hydrogen) atoms. The second kappa shape index (κ2) is 6.70. The maximum absolute atomic E-state index is 11.7. The third-order valence-corrected chi connectivity index (χ3v) is 4.14. The summed E-state index contributed by atoms with van der Waals surface area (Å²) >= 11 is 1.72. The van der Waals surface area contributed by atoms with Crippen LogP contribution in [0.2, 0.25) is 0 Å². The number of amides is 1. The highest BCUT2D eigenvalue weighted by Crippen LogP contribution is 2.25. The van der Waals surface area contributed by atoms with E-state index in [1.54, 1.807) is 16.6 Å². The summed E-state index contributed by atoms with van der Waals surface area (Å²) in [6.07, 6.45) is 5.44. The Bertz CT molecular complexity index is 476. The van der Waals surface area contributed by atoms with E-state index in [9.17, 15) is 4.79 Å². The molecule has 7 heteroatoms. The average Bonchev–Trinajstić information content (AvgIpc) is 2.75. The number of ether oxygens (including phenoxy) is 1. The molecule has 1 aromatic heterocycles. The first-order chi connectivity index (χ1) is 9.82. The summed E-state index contributed by atoms with van der Waals surface area (Å²) in [5, 5.41) is 7.12. The molecule has 0 spiro atoms. The summed E-state index contributed by atoms with van der Waals surface area (Å²) < 4.78 is 9.40. The highest BCUT2D eigenvalue weighted by Gasteiger charge is 2.24. The number of carbonyl (C=O) groups is 1. The van der Waals surface area contributed by atoms with Crippen molar-refractivity contribution in [2.24, 2.45) is 7.05 Å². The number of aromatic nitrogens is 2. The predicted molar refractivity (Wildman–Crippen MR) is 83.0 cm³/mol. The number of carbonyl (C=O) groups excluding carboxylic acids is 1. The smallest absolute Gasteiger partial charge is 0.407 e. The monoisotopic (exact) mass is 312 g/mol. The molecule has 0 atom stereocenters. The number of hydrogen-bond acceptors (Lipinski definition) is 5. The molecule has 0 aliphatic carbocycles. The van der Waals surface area contributed by atoms with E-state index in [1.165, 1.54) is 0 Å². The highest BCUT2D eigenvalue weighted by atomic mass is 32.2. The molecule has 6 nitrogen and oxygen atoms in total. The molecule has 0 saturated carbocycles. The molecule has 0 radical (unpaired) electrons. The van der Waals surface area contributed by atoms with E-state index in [4.69, 9.17) is 4.74 Å². The van der Waals surface area contributed by atoms with Gasteiger partial charge in [0.2, 0.25) is 0 Å². The van der Waals surface area contributed by atoms with Crippen LogP contribution in [0.4, 0.5) is 4.79 Å². The quantitative estimate of drug-likeness (QED) is 0.869. The Balaban J connectivity index is 1.72. The zero-order valence-electron chi connectivity index (χ0n) is 13.1. The van der Waals surface area contributed by atoms with E-state index in [-0.39, 0.29) is 12.1 Å². The Kier molecular flexibility index (Phi) is 5.16. The van der Waals surface area contributed by atoms with Gasteiger partial charge in [-0.2, -0.15) is 5.10 Å². The standard InChI is InChI=1S/C14H24N4O2S/c1-14(2,3)20-13(19)16-11-5-7-18(8-6-11)21-12-9-15-17(4)10-12/h9-11H,5-8H2,1-4H3,(H,16,19). The van der Waals surface area contributed by atoms with Gasteiger partial charge < -0.3 is 10.1 Å². The fourth-order valence-electron chi connectivity index (χ4n) is 2.16. The van der Waals surface area contributed by atoms with Crippen molar-refractivity contribution in [3.63, 3.8) is 0 Å². The fourth-order valence-corrected chi connectivity index (χ4v) is 3.15. The number of piperidine rings is 1. The molecule has 0 unspecified atom stereocenters. The molecular weight excluding hydrogens is 288 g/mol. The van der Waals surface area contributed by atoms with E-state index in [0.717, 1.165) is 30.8 Å². The molecular formula is C14H24N4O2S. The molecule has 1 aromatic rings. The summed E-state index contributed by atoms with van der Waals surface area (Å²) in [6, 6.07) is 0.200. The van der Waals surface area contributed by atoms with Crippen molar-refractivity contribution in [1.82, 2.24) is 19.4 Å². The predicted octanol–water partition coefficient (Wildman–Crippen LogP) is 2.42. The molecule has 2 heterocycles. The molecule has 1 aliphatic heterocycles.